The molecule has 1 atom stereocenters. The van der Waals surface area contributed by atoms with Gasteiger partial charge < -0.3 is 19.9 Å². The highest BCUT2D eigenvalue weighted by atomic mass is 16.5. The van der Waals surface area contributed by atoms with Crippen LogP contribution in [0.1, 0.15) is 37.2 Å². The topological polar surface area (TPSA) is 70.6 Å². The number of likely N-dealkylation sites (tertiary alicyclic amines) is 1. The molecule has 1 aromatic heterocycles. The van der Waals surface area contributed by atoms with E-state index in [1.807, 2.05) is 25.8 Å². The van der Waals surface area contributed by atoms with Gasteiger partial charge in [-0.25, -0.2) is 9.97 Å². The summed E-state index contributed by atoms with van der Waals surface area (Å²) in [5.74, 6) is 2.42. The number of likely N-dealkylation sites (N-methyl/N-ethyl adjacent to an activating group) is 1. The van der Waals surface area contributed by atoms with Crippen molar-refractivity contribution in [3.63, 3.8) is 0 Å². The van der Waals surface area contributed by atoms with Crippen molar-refractivity contribution < 1.29 is 9.53 Å². The number of aromatic nitrogens is 2. The zero-order valence-electron chi connectivity index (χ0n) is 15.5. The molecule has 1 aromatic rings. The second-order valence-corrected chi connectivity index (χ2v) is 6.91. The summed E-state index contributed by atoms with van der Waals surface area (Å²) in [5, 5.41) is 3.03. The highest BCUT2D eigenvalue weighted by molar-refractivity contribution is 5.81. The Bertz CT molecular complexity index is 595. The standard InChI is InChI=1S/C18H29N5O2/c1-13(19-3)18(24)23-6-4-15(5-7-23)16-12-17(21-14(2)20-16)22-8-10-25-11-9-22/h12-13,15,19H,4-11H2,1-3H3/t13-/m0/s1. The Balaban J connectivity index is 1.66. The molecule has 1 N–H and O–H groups in total. The van der Waals surface area contributed by atoms with Crippen molar-refractivity contribution in [1.29, 1.82) is 0 Å². The van der Waals surface area contributed by atoms with E-state index in [9.17, 15) is 4.79 Å². The molecule has 138 valence electrons. The van der Waals surface area contributed by atoms with Gasteiger partial charge in [-0.2, -0.15) is 0 Å². The lowest BCUT2D eigenvalue weighted by Gasteiger charge is -2.34. The number of amides is 1. The Morgan fingerprint density at radius 1 is 1.24 bits per heavy atom. The number of carbonyl (C=O) groups is 1. The van der Waals surface area contributed by atoms with E-state index in [1.54, 1.807) is 0 Å². The SMILES string of the molecule is CN[C@@H](C)C(=O)N1CCC(c2cc(N3CCOCC3)nc(C)n2)CC1. The first-order chi connectivity index (χ1) is 12.1. The number of nitrogens with zero attached hydrogens (tertiary/aromatic N) is 4. The second-order valence-electron chi connectivity index (χ2n) is 6.91. The van der Waals surface area contributed by atoms with Crippen LogP contribution in [0, 0.1) is 6.92 Å². The maximum absolute atomic E-state index is 12.3. The molecule has 2 aliphatic rings. The van der Waals surface area contributed by atoms with Crippen LogP contribution in [0.25, 0.3) is 0 Å². The van der Waals surface area contributed by atoms with Gasteiger partial charge in [0.05, 0.1) is 19.3 Å². The molecule has 0 radical (unpaired) electrons. The van der Waals surface area contributed by atoms with Crippen LogP contribution in [-0.2, 0) is 9.53 Å². The van der Waals surface area contributed by atoms with E-state index in [4.69, 9.17) is 4.74 Å². The molecule has 0 aromatic carbocycles. The van der Waals surface area contributed by atoms with Crippen molar-refractivity contribution in [2.75, 3.05) is 51.3 Å². The van der Waals surface area contributed by atoms with Gasteiger partial charge in [0.15, 0.2) is 0 Å². The lowest BCUT2D eigenvalue weighted by molar-refractivity contribution is -0.133. The summed E-state index contributed by atoms with van der Waals surface area (Å²) >= 11 is 0. The summed E-state index contributed by atoms with van der Waals surface area (Å²) in [5.41, 5.74) is 1.11. The van der Waals surface area contributed by atoms with Crippen LogP contribution in [0.2, 0.25) is 0 Å². The summed E-state index contributed by atoms with van der Waals surface area (Å²) in [6.45, 7) is 8.73. The monoisotopic (exact) mass is 347 g/mol. The molecule has 0 saturated carbocycles. The Labute approximate surface area is 149 Å². The summed E-state index contributed by atoms with van der Waals surface area (Å²) in [7, 11) is 1.83. The van der Waals surface area contributed by atoms with E-state index in [-0.39, 0.29) is 11.9 Å². The minimum atomic E-state index is -0.120. The number of hydrogen-bond acceptors (Lipinski definition) is 6. The van der Waals surface area contributed by atoms with Crippen molar-refractivity contribution >= 4 is 11.7 Å². The molecular formula is C18H29N5O2. The van der Waals surface area contributed by atoms with E-state index < -0.39 is 0 Å². The van der Waals surface area contributed by atoms with Crippen molar-refractivity contribution in [3.05, 3.63) is 17.6 Å². The number of ether oxygens (including phenoxy) is 1. The molecule has 2 aliphatic heterocycles. The van der Waals surface area contributed by atoms with E-state index in [0.29, 0.717) is 5.92 Å². The predicted molar refractivity (Wildman–Crippen MR) is 96.9 cm³/mol. The maximum atomic E-state index is 12.3. The summed E-state index contributed by atoms with van der Waals surface area (Å²) in [4.78, 5) is 25.9. The largest absolute Gasteiger partial charge is 0.378 e. The van der Waals surface area contributed by atoms with Crippen LogP contribution >= 0.6 is 0 Å². The Hall–Kier alpha value is -1.73. The molecule has 1 amide bonds. The zero-order chi connectivity index (χ0) is 17.8. The highest BCUT2D eigenvalue weighted by Crippen LogP contribution is 2.29. The van der Waals surface area contributed by atoms with Gasteiger partial charge in [-0.3, -0.25) is 4.79 Å². The number of anilines is 1. The smallest absolute Gasteiger partial charge is 0.239 e. The normalized spacial score (nSPS) is 20.6. The van der Waals surface area contributed by atoms with Crippen molar-refractivity contribution in [1.82, 2.24) is 20.2 Å². The van der Waals surface area contributed by atoms with Crippen LogP contribution in [0.3, 0.4) is 0 Å². The average molecular weight is 347 g/mol. The van der Waals surface area contributed by atoms with E-state index >= 15 is 0 Å². The van der Waals surface area contributed by atoms with Gasteiger partial charge in [-0.05, 0) is 33.7 Å². The fraction of sp³-hybridized carbons (Fsp3) is 0.722. The zero-order valence-corrected chi connectivity index (χ0v) is 15.5. The second kappa shape index (κ2) is 8.10. The molecule has 0 aliphatic carbocycles. The van der Waals surface area contributed by atoms with Gasteiger partial charge in [0.1, 0.15) is 11.6 Å². The van der Waals surface area contributed by atoms with Gasteiger partial charge in [-0.15, -0.1) is 0 Å². The van der Waals surface area contributed by atoms with Gasteiger partial charge in [0, 0.05) is 43.9 Å². The summed E-state index contributed by atoms with van der Waals surface area (Å²) in [6.07, 6.45) is 1.92. The molecular weight excluding hydrogens is 318 g/mol. The molecule has 2 fully saturated rings. The van der Waals surface area contributed by atoms with E-state index in [2.05, 4.69) is 26.3 Å². The van der Waals surface area contributed by atoms with E-state index in [0.717, 1.165) is 69.6 Å². The minimum Gasteiger partial charge on any atom is -0.378 e. The molecule has 25 heavy (non-hydrogen) atoms. The average Bonchev–Trinajstić information content (AvgIpc) is 2.67. The number of morpholine rings is 1. The number of piperidine rings is 1. The summed E-state index contributed by atoms with van der Waals surface area (Å²) < 4.78 is 5.43. The minimum absolute atomic E-state index is 0.120. The number of nitrogens with one attached hydrogen (secondary N) is 1. The lowest BCUT2D eigenvalue weighted by Crippen LogP contribution is -2.46. The van der Waals surface area contributed by atoms with Crippen LogP contribution in [-0.4, -0.2) is 73.3 Å². The molecule has 2 saturated heterocycles. The fourth-order valence-electron chi connectivity index (χ4n) is 3.53. The first-order valence-corrected chi connectivity index (χ1v) is 9.23. The molecule has 7 heteroatoms. The molecule has 3 heterocycles. The van der Waals surface area contributed by atoms with Crippen molar-refractivity contribution in [2.45, 2.75) is 38.6 Å². The third-order valence-electron chi connectivity index (χ3n) is 5.21. The summed E-state index contributed by atoms with van der Waals surface area (Å²) in [6, 6.07) is 2.02. The van der Waals surface area contributed by atoms with Crippen LogP contribution in [0.4, 0.5) is 5.82 Å². The van der Waals surface area contributed by atoms with Gasteiger partial charge in [-0.1, -0.05) is 0 Å². The molecule has 0 unspecified atom stereocenters. The quantitative estimate of drug-likeness (QED) is 0.874. The van der Waals surface area contributed by atoms with Crippen LogP contribution in [0.5, 0.6) is 0 Å². The molecule has 7 nitrogen and oxygen atoms in total. The fourth-order valence-corrected chi connectivity index (χ4v) is 3.53. The highest BCUT2D eigenvalue weighted by Gasteiger charge is 2.27. The molecule has 0 bridgehead atoms. The third-order valence-corrected chi connectivity index (χ3v) is 5.21. The van der Waals surface area contributed by atoms with Gasteiger partial charge >= 0.3 is 0 Å². The van der Waals surface area contributed by atoms with E-state index in [1.165, 1.54) is 0 Å². The Kier molecular flexibility index (Phi) is 5.86. The molecule has 3 rings (SSSR count). The third kappa shape index (κ3) is 4.27. The first kappa shape index (κ1) is 18.1. The van der Waals surface area contributed by atoms with Gasteiger partial charge in [0.2, 0.25) is 5.91 Å². The predicted octanol–water partition coefficient (Wildman–Crippen LogP) is 0.936. The van der Waals surface area contributed by atoms with Crippen molar-refractivity contribution in [3.8, 4) is 0 Å². The van der Waals surface area contributed by atoms with Crippen molar-refractivity contribution in [2.24, 2.45) is 0 Å². The maximum Gasteiger partial charge on any atom is 0.239 e. The lowest BCUT2D eigenvalue weighted by atomic mass is 9.92. The molecule has 0 spiro atoms. The Morgan fingerprint density at radius 3 is 2.56 bits per heavy atom. The number of aryl methyl sites for hydroxylation is 1. The first-order valence-electron chi connectivity index (χ1n) is 9.23. The Morgan fingerprint density at radius 2 is 1.92 bits per heavy atom. The van der Waals surface area contributed by atoms with Crippen LogP contribution in [0.15, 0.2) is 6.07 Å². The number of rotatable bonds is 4. The number of hydrogen-bond donors (Lipinski definition) is 1. The number of carbonyl (C=O) groups excluding carboxylic acids is 1. The van der Waals surface area contributed by atoms with Gasteiger partial charge in [0.25, 0.3) is 0 Å². The van der Waals surface area contributed by atoms with Crippen LogP contribution < -0.4 is 10.2 Å².